The van der Waals surface area contributed by atoms with Crippen LogP contribution in [0.4, 0.5) is 5.69 Å². The van der Waals surface area contributed by atoms with Crippen LogP contribution >= 0.6 is 0 Å². The van der Waals surface area contributed by atoms with Gasteiger partial charge in [0.2, 0.25) is 0 Å². The van der Waals surface area contributed by atoms with E-state index in [0.717, 1.165) is 5.56 Å². The standard InChI is InChI=1S/C13H16N4O/c1-13(2,9-6-16-17(3)8-9)12(18)11-5-4-10(14)7-15-11/h4-8H,14H2,1-3H3. The zero-order valence-corrected chi connectivity index (χ0v) is 10.7. The average molecular weight is 244 g/mol. The van der Waals surface area contributed by atoms with Gasteiger partial charge >= 0.3 is 0 Å². The molecule has 0 spiro atoms. The number of nitrogen functional groups attached to an aromatic ring is 1. The molecular weight excluding hydrogens is 228 g/mol. The highest BCUT2D eigenvalue weighted by Crippen LogP contribution is 2.26. The van der Waals surface area contributed by atoms with Crippen LogP contribution in [0.2, 0.25) is 0 Å². The van der Waals surface area contributed by atoms with Crippen LogP contribution in [0.3, 0.4) is 0 Å². The van der Waals surface area contributed by atoms with Crippen molar-refractivity contribution in [3.63, 3.8) is 0 Å². The molecule has 2 aromatic rings. The van der Waals surface area contributed by atoms with Gasteiger partial charge in [-0.2, -0.15) is 5.10 Å². The number of anilines is 1. The monoisotopic (exact) mass is 244 g/mol. The first-order valence-electron chi connectivity index (χ1n) is 5.66. The molecule has 0 saturated carbocycles. The maximum Gasteiger partial charge on any atom is 0.191 e. The van der Waals surface area contributed by atoms with Gasteiger partial charge in [-0.1, -0.05) is 0 Å². The Balaban J connectivity index is 2.35. The predicted molar refractivity (Wildman–Crippen MR) is 69.2 cm³/mol. The normalized spacial score (nSPS) is 11.5. The van der Waals surface area contributed by atoms with Crippen LogP contribution in [0.25, 0.3) is 0 Å². The number of pyridine rings is 1. The second-order valence-electron chi connectivity index (χ2n) is 4.83. The molecule has 5 heteroatoms. The van der Waals surface area contributed by atoms with Gasteiger partial charge < -0.3 is 5.73 Å². The number of hydrogen-bond donors (Lipinski definition) is 1. The van der Waals surface area contributed by atoms with Gasteiger partial charge in [-0.25, -0.2) is 0 Å². The third-order valence-corrected chi connectivity index (χ3v) is 3.01. The van der Waals surface area contributed by atoms with E-state index < -0.39 is 5.41 Å². The summed E-state index contributed by atoms with van der Waals surface area (Å²) < 4.78 is 1.68. The highest BCUT2D eigenvalue weighted by molar-refractivity contribution is 6.02. The van der Waals surface area contributed by atoms with Gasteiger partial charge in [0.05, 0.1) is 23.5 Å². The van der Waals surface area contributed by atoms with Crippen molar-refractivity contribution >= 4 is 11.5 Å². The number of aromatic nitrogens is 3. The van der Waals surface area contributed by atoms with Crippen molar-refractivity contribution in [2.24, 2.45) is 7.05 Å². The zero-order valence-electron chi connectivity index (χ0n) is 10.7. The van der Waals surface area contributed by atoms with Gasteiger partial charge in [0.25, 0.3) is 0 Å². The van der Waals surface area contributed by atoms with E-state index in [1.54, 1.807) is 23.0 Å². The quantitative estimate of drug-likeness (QED) is 0.831. The first kappa shape index (κ1) is 12.3. The zero-order chi connectivity index (χ0) is 13.3. The van der Waals surface area contributed by atoms with E-state index in [0.29, 0.717) is 11.4 Å². The van der Waals surface area contributed by atoms with Crippen molar-refractivity contribution in [3.8, 4) is 0 Å². The highest BCUT2D eigenvalue weighted by Gasteiger charge is 2.32. The van der Waals surface area contributed by atoms with E-state index >= 15 is 0 Å². The minimum atomic E-state index is -0.655. The summed E-state index contributed by atoms with van der Waals surface area (Å²) in [5.41, 5.74) is 6.74. The van der Waals surface area contributed by atoms with Crippen molar-refractivity contribution < 1.29 is 4.79 Å². The topological polar surface area (TPSA) is 73.8 Å². The van der Waals surface area contributed by atoms with E-state index in [1.807, 2.05) is 27.1 Å². The molecule has 0 saturated heterocycles. The summed E-state index contributed by atoms with van der Waals surface area (Å²) in [6.07, 6.45) is 5.04. The van der Waals surface area contributed by atoms with Gasteiger partial charge in [-0.15, -0.1) is 0 Å². The number of nitrogens with two attached hydrogens (primary N) is 1. The number of carbonyl (C=O) groups excluding carboxylic acids is 1. The maximum absolute atomic E-state index is 12.4. The first-order chi connectivity index (χ1) is 8.41. The summed E-state index contributed by atoms with van der Waals surface area (Å²) in [5.74, 6) is -0.0458. The molecular formula is C13H16N4O. The molecule has 0 unspecified atom stereocenters. The Morgan fingerprint density at radius 3 is 2.56 bits per heavy atom. The van der Waals surface area contributed by atoms with Crippen LogP contribution in [-0.4, -0.2) is 20.5 Å². The van der Waals surface area contributed by atoms with Crippen molar-refractivity contribution in [3.05, 3.63) is 42.0 Å². The summed E-state index contributed by atoms with van der Waals surface area (Å²) in [6.45, 7) is 3.73. The molecule has 0 aliphatic rings. The average Bonchev–Trinajstić information content (AvgIpc) is 2.76. The van der Waals surface area contributed by atoms with Crippen LogP contribution in [0.1, 0.15) is 29.9 Å². The Kier molecular flexibility index (Phi) is 2.90. The molecule has 2 aromatic heterocycles. The van der Waals surface area contributed by atoms with Gasteiger partial charge in [-0.3, -0.25) is 14.5 Å². The van der Waals surface area contributed by atoms with Crippen LogP contribution in [-0.2, 0) is 12.5 Å². The lowest BCUT2D eigenvalue weighted by molar-refractivity contribution is 0.0903. The Morgan fingerprint density at radius 1 is 1.33 bits per heavy atom. The predicted octanol–water partition coefficient (Wildman–Crippen LogP) is 1.56. The van der Waals surface area contributed by atoms with Crippen molar-refractivity contribution in [2.75, 3.05) is 5.73 Å². The van der Waals surface area contributed by atoms with Gasteiger partial charge in [0.1, 0.15) is 5.69 Å². The van der Waals surface area contributed by atoms with Crippen LogP contribution in [0, 0.1) is 0 Å². The lowest BCUT2D eigenvalue weighted by Crippen LogP contribution is -2.29. The fraction of sp³-hybridized carbons (Fsp3) is 0.308. The summed E-state index contributed by atoms with van der Waals surface area (Å²) in [6, 6.07) is 3.33. The molecule has 2 N–H and O–H groups in total. The minimum Gasteiger partial charge on any atom is -0.397 e. The molecule has 0 bridgehead atoms. The van der Waals surface area contributed by atoms with E-state index in [4.69, 9.17) is 5.73 Å². The molecule has 0 amide bonds. The Morgan fingerprint density at radius 2 is 2.06 bits per heavy atom. The van der Waals surface area contributed by atoms with Crippen LogP contribution < -0.4 is 5.73 Å². The maximum atomic E-state index is 12.4. The molecule has 2 heterocycles. The van der Waals surface area contributed by atoms with E-state index in [-0.39, 0.29) is 5.78 Å². The number of hydrogen-bond acceptors (Lipinski definition) is 4. The SMILES string of the molecule is Cn1cc(C(C)(C)C(=O)c2ccc(N)cn2)cn1. The van der Waals surface area contributed by atoms with Crippen molar-refractivity contribution in [1.82, 2.24) is 14.8 Å². The largest absolute Gasteiger partial charge is 0.397 e. The molecule has 2 rings (SSSR count). The van der Waals surface area contributed by atoms with Gasteiger partial charge in [0.15, 0.2) is 5.78 Å². The fourth-order valence-corrected chi connectivity index (χ4v) is 1.73. The Bertz CT molecular complexity index is 569. The minimum absolute atomic E-state index is 0.0458. The number of nitrogens with zero attached hydrogens (tertiary/aromatic N) is 3. The number of aryl methyl sites for hydroxylation is 1. The van der Waals surface area contributed by atoms with Crippen LogP contribution in [0.5, 0.6) is 0 Å². The second kappa shape index (κ2) is 4.25. The number of Topliss-reactive ketones (excluding diaryl/α,β-unsaturated/α-hetero) is 1. The van der Waals surface area contributed by atoms with E-state index in [1.165, 1.54) is 6.20 Å². The summed E-state index contributed by atoms with van der Waals surface area (Å²) >= 11 is 0. The molecule has 0 atom stereocenters. The summed E-state index contributed by atoms with van der Waals surface area (Å²) in [5, 5.41) is 4.10. The summed E-state index contributed by atoms with van der Waals surface area (Å²) in [4.78, 5) is 16.5. The number of rotatable bonds is 3. The molecule has 0 fully saturated rings. The fourth-order valence-electron chi connectivity index (χ4n) is 1.73. The van der Waals surface area contributed by atoms with E-state index in [2.05, 4.69) is 10.1 Å². The van der Waals surface area contributed by atoms with Gasteiger partial charge in [0, 0.05) is 18.8 Å². The van der Waals surface area contributed by atoms with E-state index in [9.17, 15) is 4.79 Å². The second-order valence-corrected chi connectivity index (χ2v) is 4.83. The van der Waals surface area contributed by atoms with Crippen molar-refractivity contribution in [1.29, 1.82) is 0 Å². The van der Waals surface area contributed by atoms with Crippen LogP contribution in [0.15, 0.2) is 30.7 Å². The highest BCUT2D eigenvalue weighted by atomic mass is 16.1. The van der Waals surface area contributed by atoms with Crippen molar-refractivity contribution in [2.45, 2.75) is 19.3 Å². The number of ketones is 1. The third kappa shape index (κ3) is 2.11. The molecule has 94 valence electrons. The third-order valence-electron chi connectivity index (χ3n) is 3.01. The molecule has 18 heavy (non-hydrogen) atoms. The Hall–Kier alpha value is -2.17. The molecule has 5 nitrogen and oxygen atoms in total. The molecule has 0 aromatic carbocycles. The lowest BCUT2D eigenvalue weighted by atomic mass is 9.81. The smallest absolute Gasteiger partial charge is 0.191 e. The Labute approximate surface area is 106 Å². The number of carbonyl (C=O) groups is 1. The molecule has 0 radical (unpaired) electrons. The lowest BCUT2D eigenvalue weighted by Gasteiger charge is -2.20. The molecule has 0 aliphatic heterocycles. The first-order valence-corrected chi connectivity index (χ1v) is 5.66. The molecule has 0 aliphatic carbocycles. The van der Waals surface area contributed by atoms with Gasteiger partial charge in [-0.05, 0) is 26.0 Å². The summed E-state index contributed by atoms with van der Waals surface area (Å²) in [7, 11) is 1.82.